The lowest BCUT2D eigenvalue weighted by atomic mass is 10.1. The van der Waals surface area contributed by atoms with Gasteiger partial charge in [0.05, 0.1) is 29.4 Å². The second kappa shape index (κ2) is 9.30. The lowest BCUT2D eigenvalue weighted by Gasteiger charge is -2.22. The molecule has 0 aliphatic carbocycles. The number of rotatable bonds is 6. The van der Waals surface area contributed by atoms with Crippen molar-refractivity contribution < 1.29 is 23.9 Å². The van der Waals surface area contributed by atoms with Gasteiger partial charge in [-0.1, -0.05) is 30.3 Å². The van der Waals surface area contributed by atoms with Crippen LogP contribution in [0.5, 0.6) is 0 Å². The first-order valence-corrected chi connectivity index (χ1v) is 11.7. The highest BCUT2D eigenvalue weighted by molar-refractivity contribution is 6.23. The number of pyridine rings is 1. The number of nitrogens with one attached hydrogen (secondary N) is 1. The number of para-hydroxylation sites is 1. The Kier molecular flexibility index (Phi) is 6.00. The Morgan fingerprint density at radius 1 is 1.03 bits per heavy atom. The molecule has 10 nitrogen and oxygen atoms in total. The van der Waals surface area contributed by atoms with Crippen molar-refractivity contribution in [1.29, 1.82) is 0 Å². The Morgan fingerprint density at radius 2 is 1.68 bits per heavy atom. The maximum Gasteiger partial charge on any atom is 0.343 e. The molecule has 5 rings (SSSR count). The first-order valence-electron chi connectivity index (χ1n) is 11.7. The number of nitrogens with zero attached hydrogens (tertiary/aromatic N) is 4. The van der Waals surface area contributed by atoms with Gasteiger partial charge in [0.1, 0.15) is 11.6 Å². The van der Waals surface area contributed by atoms with Crippen molar-refractivity contribution in [2.75, 3.05) is 11.9 Å². The quantitative estimate of drug-likeness (QED) is 0.319. The Morgan fingerprint density at radius 3 is 2.35 bits per heavy atom. The zero-order valence-electron chi connectivity index (χ0n) is 20.4. The molecular weight excluding hydrogens is 474 g/mol. The Bertz CT molecular complexity index is 1560. The molecule has 37 heavy (non-hydrogen) atoms. The molecule has 0 radical (unpaired) electrons. The van der Waals surface area contributed by atoms with Crippen LogP contribution in [0, 0.1) is 6.92 Å². The third-order valence-corrected chi connectivity index (χ3v) is 6.22. The minimum atomic E-state index is -1.17. The summed E-state index contributed by atoms with van der Waals surface area (Å²) in [6.45, 7) is 5.15. The molecule has 0 fully saturated rings. The largest absolute Gasteiger partial charge is 0.462 e. The molecule has 1 N–H and O–H groups in total. The van der Waals surface area contributed by atoms with Crippen LogP contribution in [0.4, 0.5) is 5.82 Å². The van der Waals surface area contributed by atoms with E-state index in [2.05, 4.69) is 15.4 Å². The molecule has 1 unspecified atom stereocenters. The Hall–Kier alpha value is -4.86. The Labute approximate surface area is 211 Å². The lowest BCUT2D eigenvalue weighted by molar-refractivity contribution is -0.119. The number of aryl methyl sites for hydroxylation is 1. The van der Waals surface area contributed by atoms with Crippen molar-refractivity contribution in [3.8, 4) is 5.82 Å². The van der Waals surface area contributed by atoms with Crippen LogP contribution in [0.3, 0.4) is 0 Å². The molecule has 1 aliphatic rings. The predicted octanol–water partition coefficient (Wildman–Crippen LogP) is 3.53. The van der Waals surface area contributed by atoms with Crippen LogP contribution in [0.25, 0.3) is 16.7 Å². The molecule has 1 atom stereocenters. The van der Waals surface area contributed by atoms with E-state index >= 15 is 0 Å². The highest BCUT2D eigenvalue weighted by Gasteiger charge is 2.41. The number of esters is 1. The highest BCUT2D eigenvalue weighted by Crippen LogP contribution is 2.27. The number of carbonyl (C=O) groups excluding carboxylic acids is 4. The number of hydrogen-bond donors (Lipinski definition) is 1. The summed E-state index contributed by atoms with van der Waals surface area (Å²) in [4.78, 5) is 57.4. The van der Waals surface area contributed by atoms with Crippen LogP contribution in [-0.4, -0.2) is 56.0 Å². The fourth-order valence-electron chi connectivity index (χ4n) is 4.34. The van der Waals surface area contributed by atoms with E-state index in [0.717, 1.165) is 15.8 Å². The van der Waals surface area contributed by atoms with E-state index in [1.807, 2.05) is 31.2 Å². The molecule has 1 aliphatic heterocycles. The average Bonchev–Trinajstić information content (AvgIpc) is 3.42. The van der Waals surface area contributed by atoms with E-state index in [-0.39, 0.29) is 29.1 Å². The fraction of sp³-hybridized carbons (Fsp3) is 0.185. The fourth-order valence-corrected chi connectivity index (χ4v) is 4.34. The van der Waals surface area contributed by atoms with Crippen LogP contribution in [0.2, 0.25) is 0 Å². The number of hydrogen-bond acceptors (Lipinski definition) is 7. The number of benzene rings is 2. The van der Waals surface area contributed by atoms with Crippen molar-refractivity contribution in [2.45, 2.75) is 26.8 Å². The van der Waals surface area contributed by atoms with Gasteiger partial charge < -0.3 is 10.1 Å². The monoisotopic (exact) mass is 497 g/mol. The van der Waals surface area contributed by atoms with Gasteiger partial charge in [-0.3, -0.25) is 19.3 Å². The summed E-state index contributed by atoms with van der Waals surface area (Å²) in [5.41, 5.74) is 2.12. The number of imide groups is 1. The summed E-state index contributed by atoms with van der Waals surface area (Å²) >= 11 is 0. The van der Waals surface area contributed by atoms with E-state index in [1.165, 1.54) is 17.8 Å². The second-order valence-corrected chi connectivity index (χ2v) is 8.54. The predicted molar refractivity (Wildman–Crippen MR) is 135 cm³/mol. The summed E-state index contributed by atoms with van der Waals surface area (Å²) in [6, 6.07) is 14.6. The average molecular weight is 498 g/mol. The van der Waals surface area contributed by atoms with E-state index in [9.17, 15) is 19.2 Å². The van der Waals surface area contributed by atoms with Crippen molar-refractivity contribution in [2.24, 2.45) is 0 Å². The molecule has 2 aromatic carbocycles. The van der Waals surface area contributed by atoms with Crippen LogP contribution in [-0.2, 0) is 9.53 Å². The molecule has 10 heteroatoms. The summed E-state index contributed by atoms with van der Waals surface area (Å²) in [6.07, 6.45) is 1.28. The standard InChI is InChI=1S/C27H23N5O5/c1-4-37-27(36)20-14-28-32(22-13-15(2)17-9-7-8-12-21(17)29-22)23(20)30-24(33)16(3)31-25(34)18-10-5-6-11-19(18)26(31)35/h5-14,16H,4H2,1-3H3,(H,30,33). The highest BCUT2D eigenvalue weighted by atomic mass is 16.5. The molecule has 3 amide bonds. The first kappa shape index (κ1) is 23.9. The van der Waals surface area contributed by atoms with E-state index in [4.69, 9.17) is 4.74 Å². The van der Waals surface area contributed by atoms with Crippen molar-refractivity contribution in [3.63, 3.8) is 0 Å². The molecule has 3 heterocycles. The van der Waals surface area contributed by atoms with E-state index in [1.54, 1.807) is 37.3 Å². The molecule has 186 valence electrons. The number of fused-ring (bicyclic) bond motifs is 2. The number of anilines is 1. The third kappa shape index (κ3) is 4.02. The normalized spacial score (nSPS) is 13.5. The molecular formula is C27H23N5O5. The number of ether oxygens (including phenoxy) is 1. The van der Waals surface area contributed by atoms with Gasteiger partial charge in [-0.05, 0) is 50.6 Å². The van der Waals surface area contributed by atoms with Gasteiger partial charge >= 0.3 is 5.97 Å². The molecule has 0 saturated heterocycles. The SMILES string of the molecule is CCOC(=O)c1cnn(-c2cc(C)c3ccccc3n2)c1NC(=O)C(C)N1C(=O)c2ccccc2C1=O. The van der Waals surface area contributed by atoms with Gasteiger partial charge in [0.25, 0.3) is 11.8 Å². The number of carbonyl (C=O) groups is 4. The molecule has 0 spiro atoms. The lowest BCUT2D eigenvalue weighted by Crippen LogP contribution is -2.45. The second-order valence-electron chi connectivity index (χ2n) is 8.54. The van der Waals surface area contributed by atoms with Gasteiger partial charge in [0, 0.05) is 5.39 Å². The first-order chi connectivity index (χ1) is 17.8. The van der Waals surface area contributed by atoms with E-state index < -0.39 is 29.7 Å². The van der Waals surface area contributed by atoms with Gasteiger partial charge in [0.2, 0.25) is 5.91 Å². The van der Waals surface area contributed by atoms with Crippen LogP contribution in [0.1, 0.15) is 50.5 Å². The molecule has 0 bridgehead atoms. The zero-order chi connectivity index (χ0) is 26.3. The summed E-state index contributed by atoms with van der Waals surface area (Å²) in [5, 5.41) is 7.94. The third-order valence-electron chi connectivity index (χ3n) is 6.22. The minimum Gasteiger partial charge on any atom is -0.462 e. The number of amides is 3. The van der Waals surface area contributed by atoms with E-state index in [0.29, 0.717) is 11.3 Å². The van der Waals surface area contributed by atoms with Gasteiger partial charge in [-0.15, -0.1) is 0 Å². The van der Waals surface area contributed by atoms with Crippen molar-refractivity contribution >= 4 is 40.4 Å². The minimum absolute atomic E-state index is 0.0115. The van der Waals surface area contributed by atoms with Crippen LogP contribution >= 0.6 is 0 Å². The summed E-state index contributed by atoms with van der Waals surface area (Å²) in [7, 11) is 0. The van der Waals surface area contributed by atoms with Crippen LogP contribution < -0.4 is 5.32 Å². The summed E-state index contributed by atoms with van der Waals surface area (Å²) in [5.74, 6) is -2.10. The molecule has 2 aromatic heterocycles. The molecule has 4 aromatic rings. The molecule has 0 saturated carbocycles. The van der Waals surface area contributed by atoms with Crippen molar-refractivity contribution in [1.82, 2.24) is 19.7 Å². The van der Waals surface area contributed by atoms with Gasteiger partial charge in [-0.2, -0.15) is 9.78 Å². The smallest absolute Gasteiger partial charge is 0.343 e. The zero-order valence-corrected chi connectivity index (χ0v) is 20.4. The topological polar surface area (TPSA) is 123 Å². The maximum absolute atomic E-state index is 13.4. The number of aromatic nitrogens is 3. The summed E-state index contributed by atoms with van der Waals surface area (Å²) < 4.78 is 6.48. The van der Waals surface area contributed by atoms with Crippen molar-refractivity contribution in [3.05, 3.63) is 83.0 Å². The van der Waals surface area contributed by atoms with Crippen LogP contribution in [0.15, 0.2) is 60.8 Å². The maximum atomic E-state index is 13.4. The van der Waals surface area contributed by atoms with Gasteiger partial charge in [0.15, 0.2) is 11.6 Å². The van der Waals surface area contributed by atoms with Gasteiger partial charge in [-0.25, -0.2) is 9.78 Å². The Balaban J connectivity index is 1.52.